The molecule has 4 rings (SSSR count). The maximum atomic E-state index is 13.0. The molecule has 7 nitrogen and oxygen atoms in total. The lowest BCUT2D eigenvalue weighted by atomic mass is 9.98. The van der Waals surface area contributed by atoms with E-state index in [1.165, 1.54) is 24.1 Å². The van der Waals surface area contributed by atoms with Crippen molar-refractivity contribution >= 4 is 26.6 Å². The smallest absolute Gasteiger partial charge is 0.497 e. The Morgan fingerprint density at radius 1 is 1.24 bits per heavy atom. The third-order valence-electron chi connectivity index (χ3n) is 5.36. The molecule has 0 aliphatic heterocycles. The largest absolute Gasteiger partial charge is 0.534 e. The van der Waals surface area contributed by atoms with Crippen molar-refractivity contribution in [3.63, 3.8) is 0 Å². The molecule has 1 aromatic heterocycles. The van der Waals surface area contributed by atoms with E-state index in [0.29, 0.717) is 23.1 Å². The zero-order valence-electron chi connectivity index (χ0n) is 17.4. The van der Waals surface area contributed by atoms with Crippen molar-refractivity contribution in [2.75, 3.05) is 7.11 Å². The summed E-state index contributed by atoms with van der Waals surface area (Å²) in [5.74, 6) is -0.0353. The van der Waals surface area contributed by atoms with Gasteiger partial charge in [0, 0.05) is 5.39 Å². The zero-order valence-corrected chi connectivity index (χ0v) is 18.2. The second-order valence-corrected chi connectivity index (χ2v) is 8.96. The summed E-state index contributed by atoms with van der Waals surface area (Å²) in [6.07, 6.45) is 5.76. The number of methoxy groups -OCH3 is 1. The highest BCUT2D eigenvalue weighted by molar-refractivity contribution is 7.88. The van der Waals surface area contributed by atoms with Gasteiger partial charge >= 0.3 is 15.6 Å². The Morgan fingerprint density at radius 2 is 1.97 bits per heavy atom. The summed E-state index contributed by atoms with van der Waals surface area (Å²) in [7, 11) is -4.44. The normalized spacial score (nSPS) is 14.2. The summed E-state index contributed by atoms with van der Waals surface area (Å²) < 4.78 is 73.5. The molecular formula is C22H18F3N3O4S. The van der Waals surface area contributed by atoms with Crippen molar-refractivity contribution in [1.82, 2.24) is 9.78 Å². The minimum absolute atomic E-state index is 0.191. The summed E-state index contributed by atoms with van der Waals surface area (Å²) in [6, 6.07) is 10.0. The van der Waals surface area contributed by atoms with Crippen LogP contribution in [0.5, 0.6) is 11.5 Å². The molecule has 0 N–H and O–H groups in total. The molecule has 172 valence electrons. The van der Waals surface area contributed by atoms with Crippen molar-refractivity contribution in [2.45, 2.75) is 31.3 Å². The molecule has 1 aliphatic carbocycles. The fourth-order valence-corrected chi connectivity index (χ4v) is 4.25. The van der Waals surface area contributed by atoms with Crippen LogP contribution in [-0.2, 0) is 16.7 Å². The first-order valence-electron chi connectivity index (χ1n) is 9.90. The lowest BCUT2D eigenvalue weighted by Gasteiger charge is -2.15. The molecular weight excluding hydrogens is 459 g/mol. The fraction of sp³-hybridized carbons (Fsp3) is 0.273. The monoisotopic (exact) mass is 477 g/mol. The second-order valence-electron chi connectivity index (χ2n) is 7.43. The molecule has 0 saturated carbocycles. The van der Waals surface area contributed by atoms with E-state index in [1.54, 1.807) is 30.3 Å². The van der Waals surface area contributed by atoms with Gasteiger partial charge in [-0.25, -0.2) is 0 Å². The quantitative estimate of drug-likeness (QED) is 0.375. The number of hydrogen-bond donors (Lipinski definition) is 0. The molecule has 0 radical (unpaired) electrons. The zero-order chi connectivity index (χ0) is 23.8. The van der Waals surface area contributed by atoms with E-state index in [0.717, 1.165) is 24.0 Å². The second kappa shape index (κ2) is 8.44. The SMILES string of the molecule is COc1ccc(Cn2ncc3c(C4=CCCC4)cc(OS(=O)(=O)C(F)(F)F)c(C#N)c32)cc1. The van der Waals surface area contributed by atoms with Crippen molar-refractivity contribution in [2.24, 2.45) is 0 Å². The molecule has 0 spiro atoms. The first-order valence-corrected chi connectivity index (χ1v) is 11.3. The maximum Gasteiger partial charge on any atom is 0.534 e. The number of nitrogens with zero attached hydrogens (tertiary/aromatic N) is 3. The van der Waals surface area contributed by atoms with Crippen molar-refractivity contribution in [3.05, 3.63) is 59.3 Å². The number of hydrogen-bond acceptors (Lipinski definition) is 6. The van der Waals surface area contributed by atoms with E-state index < -0.39 is 21.4 Å². The Kier molecular flexibility index (Phi) is 5.80. The van der Waals surface area contributed by atoms with Crippen LogP contribution in [0.2, 0.25) is 0 Å². The molecule has 0 fully saturated rings. The Hall–Kier alpha value is -3.52. The minimum Gasteiger partial charge on any atom is -0.497 e. The summed E-state index contributed by atoms with van der Waals surface area (Å²) in [6.45, 7) is 0.191. The van der Waals surface area contributed by atoms with Gasteiger partial charge < -0.3 is 8.92 Å². The number of ether oxygens (including phenoxy) is 1. The van der Waals surface area contributed by atoms with Crippen LogP contribution >= 0.6 is 0 Å². The van der Waals surface area contributed by atoms with Gasteiger partial charge in [0.1, 0.15) is 17.4 Å². The van der Waals surface area contributed by atoms with Gasteiger partial charge in [-0.2, -0.15) is 31.9 Å². The number of halogens is 3. The molecule has 2 aromatic carbocycles. The number of allylic oxidation sites excluding steroid dienone is 2. The van der Waals surface area contributed by atoms with Gasteiger partial charge in [0.05, 0.1) is 25.4 Å². The van der Waals surface area contributed by atoms with Gasteiger partial charge in [-0.3, -0.25) is 4.68 Å². The summed E-state index contributed by atoms with van der Waals surface area (Å²) in [5.41, 5.74) is -3.65. The van der Waals surface area contributed by atoms with Crippen molar-refractivity contribution < 1.29 is 30.5 Å². The fourth-order valence-electron chi connectivity index (χ4n) is 3.79. The highest BCUT2D eigenvalue weighted by Crippen LogP contribution is 2.40. The van der Waals surface area contributed by atoms with Crippen LogP contribution in [0.1, 0.15) is 36.0 Å². The molecule has 0 atom stereocenters. The van der Waals surface area contributed by atoms with Crippen LogP contribution in [0, 0.1) is 11.3 Å². The van der Waals surface area contributed by atoms with Crippen LogP contribution < -0.4 is 8.92 Å². The van der Waals surface area contributed by atoms with Gasteiger partial charge in [0.15, 0.2) is 5.75 Å². The van der Waals surface area contributed by atoms with Gasteiger partial charge in [0.2, 0.25) is 0 Å². The number of alkyl halides is 3. The van der Waals surface area contributed by atoms with Crippen LogP contribution in [-0.4, -0.2) is 30.8 Å². The molecule has 1 heterocycles. The highest BCUT2D eigenvalue weighted by atomic mass is 32.2. The van der Waals surface area contributed by atoms with E-state index in [1.807, 2.05) is 6.08 Å². The number of rotatable bonds is 6. The number of nitriles is 1. The highest BCUT2D eigenvalue weighted by Gasteiger charge is 2.49. The van der Waals surface area contributed by atoms with Crippen LogP contribution in [0.4, 0.5) is 13.2 Å². The lowest BCUT2D eigenvalue weighted by molar-refractivity contribution is -0.0500. The van der Waals surface area contributed by atoms with E-state index in [9.17, 15) is 26.9 Å². The Labute approximate surface area is 187 Å². The Bertz CT molecular complexity index is 1390. The molecule has 0 saturated heterocycles. The van der Waals surface area contributed by atoms with Crippen LogP contribution in [0.15, 0.2) is 42.6 Å². The number of benzene rings is 2. The molecule has 3 aromatic rings. The number of fused-ring (bicyclic) bond motifs is 1. The van der Waals surface area contributed by atoms with E-state index in [-0.39, 0.29) is 17.6 Å². The molecule has 0 amide bonds. The van der Waals surface area contributed by atoms with E-state index in [4.69, 9.17) is 4.74 Å². The maximum absolute atomic E-state index is 13.0. The molecule has 33 heavy (non-hydrogen) atoms. The molecule has 11 heteroatoms. The van der Waals surface area contributed by atoms with Crippen LogP contribution in [0.25, 0.3) is 16.5 Å². The first kappa shape index (κ1) is 22.7. The predicted octanol–water partition coefficient (Wildman–Crippen LogP) is 4.76. The van der Waals surface area contributed by atoms with Crippen LogP contribution in [0.3, 0.4) is 0 Å². The van der Waals surface area contributed by atoms with Gasteiger partial charge in [0.25, 0.3) is 0 Å². The van der Waals surface area contributed by atoms with Crippen molar-refractivity contribution in [1.29, 1.82) is 5.26 Å². The Balaban J connectivity index is 1.90. The average Bonchev–Trinajstić information content (AvgIpc) is 3.44. The van der Waals surface area contributed by atoms with E-state index >= 15 is 0 Å². The lowest BCUT2D eigenvalue weighted by Crippen LogP contribution is -2.28. The number of aromatic nitrogens is 2. The topological polar surface area (TPSA) is 94.2 Å². The third-order valence-corrected chi connectivity index (χ3v) is 6.33. The predicted molar refractivity (Wildman–Crippen MR) is 114 cm³/mol. The van der Waals surface area contributed by atoms with Gasteiger partial charge in [-0.15, -0.1) is 0 Å². The van der Waals surface area contributed by atoms with E-state index in [2.05, 4.69) is 9.28 Å². The molecule has 0 bridgehead atoms. The standard InChI is InChI=1S/C22H18F3N3O4S/c1-31-16-8-6-14(7-9-16)13-28-21-18(11-26)20(32-33(29,30)22(23,24)25)10-17(19(21)12-27-28)15-4-2-3-5-15/h4,6-10,12H,2-3,5,13H2,1H3. The summed E-state index contributed by atoms with van der Waals surface area (Å²) in [5, 5.41) is 14.6. The first-order chi connectivity index (χ1) is 15.6. The third kappa shape index (κ3) is 4.26. The summed E-state index contributed by atoms with van der Waals surface area (Å²) >= 11 is 0. The van der Waals surface area contributed by atoms with Crippen molar-refractivity contribution in [3.8, 4) is 17.6 Å². The van der Waals surface area contributed by atoms with Gasteiger partial charge in [-0.1, -0.05) is 18.2 Å². The molecule has 1 aliphatic rings. The minimum atomic E-state index is -5.97. The molecule has 0 unspecified atom stereocenters. The average molecular weight is 477 g/mol. The Morgan fingerprint density at radius 3 is 2.55 bits per heavy atom. The van der Waals surface area contributed by atoms with Gasteiger partial charge in [-0.05, 0) is 54.2 Å². The summed E-state index contributed by atoms with van der Waals surface area (Å²) in [4.78, 5) is 0.